The molecule has 1 heterocycles. The van der Waals surface area contributed by atoms with Crippen molar-refractivity contribution in [1.82, 2.24) is 20.9 Å². The van der Waals surface area contributed by atoms with Gasteiger partial charge in [-0.05, 0) is 44.9 Å². The Morgan fingerprint density at radius 2 is 1.88 bits per heavy atom. The van der Waals surface area contributed by atoms with E-state index >= 15 is 0 Å². The number of hydrogen-bond donors (Lipinski definition) is 3. The lowest BCUT2D eigenvalue weighted by atomic mass is 10.2. The Morgan fingerprint density at radius 1 is 1.12 bits per heavy atom. The Morgan fingerprint density at radius 3 is 2.50 bits per heavy atom. The second-order valence-corrected chi connectivity index (χ2v) is 7.70. The Kier molecular flexibility index (Phi) is 11.7. The topological polar surface area (TPSA) is 96.9 Å². The maximum atomic E-state index is 13.2. The van der Waals surface area contributed by atoms with Crippen LogP contribution in [0, 0.1) is 5.82 Å². The molecule has 2 rings (SSSR count). The third-order valence-corrected chi connectivity index (χ3v) is 3.81. The zero-order chi connectivity index (χ0) is 22.7. The van der Waals surface area contributed by atoms with Gasteiger partial charge < -0.3 is 25.4 Å². The fourth-order valence-corrected chi connectivity index (χ4v) is 2.43. The highest BCUT2D eigenvalue weighted by Gasteiger charge is 2.15. The lowest BCUT2D eigenvalue weighted by Gasteiger charge is -2.19. The summed E-state index contributed by atoms with van der Waals surface area (Å²) in [4.78, 5) is 20.0. The molecule has 0 saturated heterocycles. The molecule has 176 valence electrons. The molecule has 0 aliphatic heterocycles. The van der Waals surface area contributed by atoms with E-state index in [2.05, 4.69) is 25.9 Å². The Balaban J connectivity index is 0.00000512. The lowest BCUT2D eigenvalue weighted by Crippen LogP contribution is -2.39. The van der Waals surface area contributed by atoms with Crippen molar-refractivity contribution in [2.75, 3.05) is 20.1 Å². The largest absolute Gasteiger partial charge is 0.444 e. The van der Waals surface area contributed by atoms with Crippen molar-refractivity contribution in [2.24, 2.45) is 4.99 Å². The van der Waals surface area contributed by atoms with Gasteiger partial charge >= 0.3 is 6.09 Å². The molecule has 8 nitrogen and oxygen atoms in total. The van der Waals surface area contributed by atoms with Crippen molar-refractivity contribution < 1.29 is 18.7 Å². The summed E-state index contributed by atoms with van der Waals surface area (Å²) in [5, 5.41) is 9.08. The number of nitrogens with zero attached hydrogens (tertiary/aromatic N) is 2. The number of aromatic nitrogens is 1. The van der Waals surface area contributed by atoms with Gasteiger partial charge in [-0.15, -0.1) is 24.0 Å². The van der Waals surface area contributed by atoms with Crippen LogP contribution >= 0.6 is 24.0 Å². The molecule has 1 aromatic heterocycles. The number of aliphatic imine (C=N–C) groups is 1. The molecule has 0 saturated carbocycles. The van der Waals surface area contributed by atoms with Gasteiger partial charge in [-0.25, -0.2) is 14.2 Å². The molecule has 2 aromatic rings. The van der Waals surface area contributed by atoms with Gasteiger partial charge in [0, 0.05) is 45.0 Å². The fraction of sp³-hybridized carbons (Fsp3) is 0.409. The molecule has 0 fully saturated rings. The van der Waals surface area contributed by atoms with Gasteiger partial charge in [-0.1, -0.05) is 12.1 Å². The zero-order valence-electron chi connectivity index (χ0n) is 18.8. The van der Waals surface area contributed by atoms with Crippen molar-refractivity contribution in [1.29, 1.82) is 0 Å². The molecule has 0 atom stereocenters. The maximum absolute atomic E-state index is 13.2. The Hall–Kier alpha value is -2.63. The van der Waals surface area contributed by atoms with Crippen LogP contribution in [0.5, 0.6) is 11.6 Å². The molecule has 10 heteroatoms. The van der Waals surface area contributed by atoms with Gasteiger partial charge in [0.05, 0.1) is 0 Å². The molecule has 0 aliphatic carbocycles. The first-order valence-electron chi connectivity index (χ1n) is 10.0. The molecular weight excluding hydrogens is 528 g/mol. The maximum Gasteiger partial charge on any atom is 0.407 e. The second-order valence-electron chi connectivity index (χ2n) is 7.70. The zero-order valence-corrected chi connectivity index (χ0v) is 21.1. The number of nitrogens with one attached hydrogen (secondary N) is 3. The first-order chi connectivity index (χ1) is 14.7. The monoisotopic (exact) mass is 559 g/mol. The third kappa shape index (κ3) is 11.1. The van der Waals surface area contributed by atoms with Gasteiger partial charge in [-0.2, -0.15) is 0 Å². The highest BCUT2D eigenvalue weighted by Crippen LogP contribution is 2.19. The van der Waals surface area contributed by atoms with E-state index in [1.54, 1.807) is 31.4 Å². The smallest absolute Gasteiger partial charge is 0.407 e. The lowest BCUT2D eigenvalue weighted by molar-refractivity contribution is 0.0527. The minimum absolute atomic E-state index is 0. The van der Waals surface area contributed by atoms with Crippen LogP contribution in [0.2, 0.25) is 0 Å². The van der Waals surface area contributed by atoms with Gasteiger partial charge in [0.2, 0.25) is 5.88 Å². The molecule has 0 aliphatic rings. The number of benzene rings is 1. The molecule has 0 unspecified atom stereocenters. The van der Waals surface area contributed by atoms with Crippen molar-refractivity contribution in [3.8, 4) is 11.6 Å². The molecule has 1 aromatic carbocycles. The molecule has 0 radical (unpaired) electrons. The van der Waals surface area contributed by atoms with E-state index in [9.17, 15) is 9.18 Å². The highest BCUT2D eigenvalue weighted by atomic mass is 127. The molecular formula is C22H31FIN5O3. The summed E-state index contributed by atoms with van der Waals surface area (Å²) in [6, 6.07) is 9.49. The summed E-state index contributed by atoms with van der Waals surface area (Å²) < 4.78 is 23.9. The summed E-state index contributed by atoms with van der Waals surface area (Å²) in [5.74, 6) is 1.05. The summed E-state index contributed by atoms with van der Waals surface area (Å²) in [6.07, 6.45) is 1.97. The van der Waals surface area contributed by atoms with Crippen molar-refractivity contribution in [3.63, 3.8) is 0 Å². The van der Waals surface area contributed by atoms with Gasteiger partial charge in [0.15, 0.2) is 5.96 Å². The number of pyridine rings is 1. The number of alkyl carbamates (subject to hydrolysis) is 1. The van der Waals surface area contributed by atoms with Crippen molar-refractivity contribution in [3.05, 3.63) is 54.0 Å². The number of halogens is 2. The van der Waals surface area contributed by atoms with Gasteiger partial charge in [0.25, 0.3) is 0 Å². The van der Waals surface area contributed by atoms with E-state index < -0.39 is 11.7 Å². The average Bonchev–Trinajstić information content (AvgIpc) is 2.70. The van der Waals surface area contributed by atoms with E-state index in [-0.39, 0.29) is 29.8 Å². The molecule has 3 N–H and O–H groups in total. The van der Waals surface area contributed by atoms with E-state index in [0.717, 1.165) is 5.56 Å². The van der Waals surface area contributed by atoms with Crippen LogP contribution in [0.25, 0.3) is 0 Å². The Bertz CT molecular complexity index is 873. The predicted octanol–water partition coefficient (Wildman–Crippen LogP) is 4.21. The number of rotatable bonds is 8. The summed E-state index contributed by atoms with van der Waals surface area (Å²) in [6.45, 7) is 7.12. The van der Waals surface area contributed by atoms with E-state index in [4.69, 9.17) is 9.47 Å². The fourth-order valence-electron chi connectivity index (χ4n) is 2.43. The minimum atomic E-state index is -0.507. The number of carbonyl (C=O) groups is 1. The van der Waals surface area contributed by atoms with Gasteiger partial charge in [0.1, 0.15) is 17.2 Å². The molecule has 0 spiro atoms. The van der Waals surface area contributed by atoms with E-state index in [0.29, 0.717) is 43.6 Å². The van der Waals surface area contributed by atoms with Crippen LogP contribution in [0.3, 0.4) is 0 Å². The summed E-state index contributed by atoms with van der Waals surface area (Å²) in [5.41, 5.74) is 0.425. The summed E-state index contributed by atoms with van der Waals surface area (Å²) >= 11 is 0. The SMILES string of the molecule is CN=C(NCCCNC(=O)OC(C)(C)C)NCc1ccc(Oc2cccc(F)c2)nc1.I. The normalized spacial score (nSPS) is 11.2. The average molecular weight is 559 g/mol. The van der Waals surface area contributed by atoms with E-state index in [1.165, 1.54) is 12.1 Å². The first kappa shape index (κ1) is 27.4. The second kappa shape index (κ2) is 13.7. The molecule has 1 amide bonds. The molecule has 32 heavy (non-hydrogen) atoms. The Labute approximate surface area is 205 Å². The third-order valence-electron chi connectivity index (χ3n) is 3.81. The van der Waals surface area contributed by atoms with Crippen LogP contribution in [0.4, 0.5) is 9.18 Å². The van der Waals surface area contributed by atoms with Crippen molar-refractivity contribution in [2.45, 2.75) is 39.3 Å². The van der Waals surface area contributed by atoms with Crippen molar-refractivity contribution >= 4 is 36.0 Å². The van der Waals surface area contributed by atoms with Gasteiger partial charge in [-0.3, -0.25) is 4.99 Å². The highest BCUT2D eigenvalue weighted by molar-refractivity contribution is 14.0. The van der Waals surface area contributed by atoms with Crippen LogP contribution in [0.15, 0.2) is 47.6 Å². The first-order valence-corrected chi connectivity index (χ1v) is 10.0. The molecule has 0 bridgehead atoms. The quantitative estimate of drug-likeness (QED) is 0.194. The standard InChI is InChI=1S/C22H30FN5O3.HI/c1-22(2,3)31-21(29)26-12-6-11-25-20(24-4)28-15-16-9-10-19(27-14-16)30-18-8-5-7-17(23)13-18;/h5,7-10,13-14H,6,11-12,15H2,1-4H3,(H,26,29)(H2,24,25,28);1H. The number of ether oxygens (including phenoxy) is 2. The van der Waals surface area contributed by atoms with Crippen LogP contribution < -0.4 is 20.7 Å². The van der Waals surface area contributed by atoms with Crippen LogP contribution in [-0.2, 0) is 11.3 Å². The minimum Gasteiger partial charge on any atom is -0.444 e. The van der Waals surface area contributed by atoms with Crippen LogP contribution in [0.1, 0.15) is 32.8 Å². The predicted molar refractivity (Wildman–Crippen MR) is 133 cm³/mol. The number of guanidine groups is 1. The number of amides is 1. The van der Waals surface area contributed by atoms with E-state index in [1.807, 2.05) is 26.8 Å². The summed E-state index contributed by atoms with van der Waals surface area (Å²) in [7, 11) is 1.68. The number of hydrogen-bond acceptors (Lipinski definition) is 5. The number of carbonyl (C=O) groups excluding carboxylic acids is 1. The van der Waals surface area contributed by atoms with Crippen LogP contribution in [-0.4, -0.2) is 42.8 Å².